The fraction of sp³-hybridized carbons (Fsp3) is 0.250. The molecule has 0 saturated heterocycles. The molecule has 2 saturated carbocycles. The van der Waals surface area contributed by atoms with Crippen LogP contribution in [-0.4, -0.2) is 0 Å². The summed E-state index contributed by atoms with van der Waals surface area (Å²) in [6, 6.07) is 37.8. The molecule has 0 N–H and O–H groups in total. The molecule has 0 amide bonds. The molecular weight excluding hydrogens is 398 g/mol. The number of hydrogen-bond acceptors (Lipinski definition) is 1. The number of anilines is 3. The Morgan fingerprint density at radius 1 is 0.576 bits per heavy atom. The Bertz CT molecular complexity index is 1270. The van der Waals surface area contributed by atoms with Crippen LogP contribution in [0.4, 0.5) is 17.1 Å². The second-order valence-electron chi connectivity index (χ2n) is 10.3. The molecule has 3 unspecified atom stereocenters. The summed E-state index contributed by atoms with van der Waals surface area (Å²) in [5.41, 5.74) is 10.2. The Labute approximate surface area is 196 Å². The number of para-hydroxylation sites is 2. The Morgan fingerprint density at radius 2 is 1.24 bits per heavy atom. The van der Waals surface area contributed by atoms with Crippen LogP contribution >= 0.6 is 0 Å². The van der Waals surface area contributed by atoms with E-state index >= 15 is 0 Å². The van der Waals surface area contributed by atoms with Crippen molar-refractivity contribution in [1.29, 1.82) is 0 Å². The predicted molar refractivity (Wildman–Crippen MR) is 138 cm³/mol. The van der Waals surface area contributed by atoms with Gasteiger partial charge in [-0.1, -0.05) is 66.7 Å². The van der Waals surface area contributed by atoms with E-state index in [0.29, 0.717) is 5.41 Å². The average molecular weight is 428 g/mol. The highest BCUT2D eigenvalue weighted by Crippen LogP contribution is 2.69. The minimum absolute atomic E-state index is 0.648. The van der Waals surface area contributed by atoms with Crippen LogP contribution in [0.1, 0.15) is 55.1 Å². The number of nitrogens with zero attached hydrogens (tertiary/aromatic N) is 1. The van der Waals surface area contributed by atoms with Crippen molar-refractivity contribution in [1.82, 2.24) is 0 Å². The van der Waals surface area contributed by atoms with E-state index in [1.54, 1.807) is 11.1 Å². The molecule has 2 fully saturated rings. The molecule has 7 rings (SSSR count). The van der Waals surface area contributed by atoms with Crippen LogP contribution in [0.15, 0.2) is 103 Å². The van der Waals surface area contributed by atoms with E-state index in [1.807, 2.05) is 0 Å². The van der Waals surface area contributed by atoms with Crippen molar-refractivity contribution in [2.45, 2.75) is 43.9 Å². The van der Waals surface area contributed by atoms with Crippen molar-refractivity contribution >= 4 is 17.1 Å². The van der Waals surface area contributed by atoms with Crippen molar-refractivity contribution < 1.29 is 0 Å². The number of benzene rings is 4. The van der Waals surface area contributed by atoms with Gasteiger partial charge < -0.3 is 4.90 Å². The fourth-order valence-electron chi connectivity index (χ4n) is 7.00. The quantitative estimate of drug-likeness (QED) is 0.314. The van der Waals surface area contributed by atoms with Gasteiger partial charge in [0.25, 0.3) is 0 Å². The van der Waals surface area contributed by atoms with Crippen LogP contribution in [0.2, 0.25) is 0 Å². The maximum Gasteiger partial charge on any atom is 0.0467 e. The lowest BCUT2D eigenvalue weighted by Gasteiger charge is -2.51. The molecule has 0 heterocycles. The lowest BCUT2D eigenvalue weighted by atomic mass is 9.53. The van der Waals surface area contributed by atoms with Crippen LogP contribution in [-0.2, 0) is 0 Å². The lowest BCUT2D eigenvalue weighted by Crippen LogP contribution is -2.38. The zero-order valence-electron chi connectivity index (χ0n) is 19.0. The Morgan fingerprint density at radius 3 is 1.94 bits per heavy atom. The topological polar surface area (TPSA) is 3.24 Å². The molecule has 1 nitrogen and oxygen atoms in total. The summed E-state index contributed by atoms with van der Waals surface area (Å²) in [6.45, 7) is 0. The zero-order valence-corrected chi connectivity index (χ0v) is 19.0. The third kappa shape index (κ3) is 2.99. The van der Waals surface area contributed by atoms with Gasteiger partial charge in [0.1, 0.15) is 0 Å². The first-order valence-electron chi connectivity index (χ1n) is 12.5. The van der Waals surface area contributed by atoms with Crippen molar-refractivity contribution in [2.24, 2.45) is 5.41 Å². The second-order valence-corrected chi connectivity index (χ2v) is 10.3. The van der Waals surface area contributed by atoms with Crippen molar-refractivity contribution in [2.75, 3.05) is 4.90 Å². The van der Waals surface area contributed by atoms with E-state index in [9.17, 15) is 0 Å². The molecule has 1 heteroatoms. The van der Waals surface area contributed by atoms with E-state index in [4.69, 9.17) is 0 Å². The SMILES string of the molecule is c1ccc(N(c2ccccc2)c2cccc(-c3ccc4c(c3)C3CCC35CCC4C5)c2)cc1. The first-order chi connectivity index (χ1) is 16.3. The first-order valence-corrected chi connectivity index (χ1v) is 12.5. The van der Waals surface area contributed by atoms with Gasteiger partial charge in [0.15, 0.2) is 0 Å². The highest BCUT2D eigenvalue weighted by Gasteiger charge is 2.55. The van der Waals surface area contributed by atoms with Gasteiger partial charge in [-0.3, -0.25) is 0 Å². The van der Waals surface area contributed by atoms with Gasteiger partial charge >= 0.3 is 0 Å². The van der Waals surface area contributed by atoms with E-state index < -0.39 is 0 Å². The third-order valence-electron chi connectivity index (χ3n) is 8.68. The van der Waals surface area contributed by atoms with Gasteiger partial charge in [0.05, 0.1) is 0 Å². The molecule has 1 spiro atoms. The molecular formula is C32H29N. The maximum absolute atomic E-state index is 2.54. The number of rotatable bonds is 4. The molecule has 0 aliphatic heterocycles. The Kier molecular flexibility index (Phi) is 4.27. The maximum atomic E-state index is 2.54. The monoisotopic (exact) mass is 427 g/mol. The minimum Gasteiger partial charge on any atom is -0.310 e. The molecule has 2 bridgehead atoms. The summed E-state index contributed by atoms with van der Waals surface area (Å²) in [4.78, 5) is 2.35. The van der Waals surface area contributed by atoms with Crippen LogP contribution in [0.3, 0.4) is 0 Å². The van der Waals surface area contributed by atoms with E-state index in [1.165, 1.54) is 60.3 Å². The molecule has 3 aliphatic rings. The highest BCUT2D eigenvalue weighted by atomic mass is 15.1. The summed E-state index contributed by atoms with van der Waals surface area (Å²) in [5.74, 6) is 1.61. The van der Waals surface area contributed by atoms with Crippen molar-refractivity contribution in [3.05, 3.63) is 114 Å². The van der Waals surface area contributed by atoms with Crippen LogP contribution in [0.25, 0.3) is 11.1 Å². The van der Waals surface area contributed by atoms with Gasteiger partial charge in [-0.05, 0) is 108 Å². The molecule has 162 valence electrons. The molecule has 4 aromatic carbocycles. The van der Waals surface area contributed by atoms with Gasteiger partial charge in [-0.25, -0.2) is 0 Å². The van der Waals surface area contributed by atoms with Gasteiger partial charge in [0.2, 0.25) is 0 Å². The van der Waals surface area contributed by atoms with Crippen molar-refractivity contribution in [3.8, 4) is 11.1 Å². The molecule has 3 atom stereocenters. The van der Waals surface area contributed by atoms with Gasteiger partial charge in [-0.2, -0.15) is 0 Å². The first kappa shape index (κ1) is 19.2. The Balaban J connectivity index is 1.31. The molecule has 0 radical (unpaired) electrons. The fourth-order valence-corrected chi connectivity index (χ4v) is 7.00. The minimum atomic E-state index is 0.648. The summed E-state index contributed by atoms with van der Waals surface area (Å²) in [6.07, 6.45) is 7.14. The molecule has 33 heavy (non-hydrogen) atoms. The average Bonchev–Trinajstić information content (AvgIpc) is 3.30. The normalized spacial score (nSPS) is 24.5. The lowest BCUT2D eigenvalue weighted by molar-refractivity contribution is 0.0879. The summed E-state index contributed by atoms with van der Waals surface area (Å²) < 4.78 is 0. The second kappa shape index (κ2) is 7.35. The van der Waals surface area contributed by atoms with Crippen LogP contribution in [0, 0.1) is 5.41 Å². The van der Waals surface area contributed by atoms with Crippen LogP contribution in [0.5, 0.6) is 0 Å². The van der Waals surface area contributed by atoms with Crippen LogP contribution < -0.4 is 4.90 Å². The number of fused-ring (bicyclic) bond motifs is 4. The largest absolute Gasteiger partial charge is 0.310 e. The highest BCUT2D eigenvalue weighted by molar-refractivity contribution is 5.80. The van der Waals surface area contributed by atoms with Gasteiger partial charge in [0, 0.05) is 17.1 Å². The molecule has 0 aromatic heterocycles. The molecule has 3 aliphatic carbocycles. The number of hydrogen-bond donors (Lipinski definition) is 0. The predicted octanol–water partition coefficient (Wildman–Crippen LogP) is 8.97. The standard InChI is InChI=1S/C32H29N/c1-3-9-26(10-4-1)33(27-11-5-2-6-12-27)28-13-7-8-23(20-28)24-14-15-29-25-16-18-32(22-25)19-17-31(32)30(29)21-24/h1-15,20-21,25,31H,16-19,22H2. The summed E-state index contributed by atoms with van der Waals surface area (Å²) in [7, 11) is 0. The van der Waals surface area contributed by atoms with E-state index in [-0.39, 0.29) is 0 Å². The van der Waals surface area contributed by atoms with E-state index in [0.717, 1.165) is 11.8 Å². The van der Waals surface area contributed by atoms with Gasteiger partial charge in [-0.15, -0.1) is 0 Å². The van der Waals surface area contributed by atoms with Crippen molar-refractivity contribution in [3.63, 3.8) is 0 Å². The summed E-state index contributed by atoms with van der Waals surface area (Å²) in [5, 5.41) is 0. The zero-order chi connectivity index (χ0) is 21.8. The Hall–Kier alpha value is -3.32. The third-order valence-corrected chi connectivity index (χ3v) is 8.68. The molecule has 4 aromatic rings. The van der Waals surface area contributed by atoms with E-state index in [2.05, 4.69) is 108 Å². The smallest absolute Gasteiger partial charge is 0.0467 e. The summed E-state index contributed by atoms with van der Waals surface area (Å²) >= 11 is 0.